The average Bonchev–Trinajstić information content (AvgIpc) is 4.39. The zero-order valence-corrected chi connectivity index (χ0v) is 44.3. The number of rotatable bonds is 5. The number of aromatic nitrogens is 2. The Kier molecular flexibility index (Phi) is 8.96. The van der Waals surface area contributed by atoms with Crippen molar-refractivity contribution in [1.82, 2.24) is 9.13 Å². The number of benzene rings is 11. The first-order valence-corrected chi connectivity index (χ1v) is 27.4. The van der Waals surface area contributed by atoms with Gasteiger partial charge in [-0.3, -0.25) is 0 Å². The van der Waals surface area contributed by atoms with Crippen molar-refractivity contribution >= 4 is 43.6 Å². The summed E-state index contributed by atoms with van der Waals surface area (Å²) >= 11 is 0. The Morgan fingerprint density at radius 2 is 0.584 bits per heavy atom. The van der Waals surface area contributed by atoms with E-state index >= 15 is 0 Å². The third-order valence-corrected chi connectivity index (χ3v) is 18.5. The van der Waals surface area contributed by atoms with Crippen LogP contribution in [-0.2, 0) is 16.2 Å². The Hall–Kier alpha value is -8.98. The molecule has 0 amide bonds. The Morgan fingerprint density at radius 1 is 0.221 bits per heavy atom. The molecule has 0 aliphatic heterocycles. The van der Waals surface area contributed by atoms with Gasteiger partial charge < -0.3 is 9.13 Å². The fraction of sp³-hybridized carbons (Fsp3) is 0.120. The molecule has 0 atom stereocenters. The summed E-state index contributed by atoms with van der Waals surface area (Å²) < 4.78 is 4.85. The highest BCUT2D eigenvalue weighted by Crippen LogP contribution is 2.57. The molecule has 366 valence electrons. The Labute approximate surface area is 450 Å². The normalized spacial score (nSPS) is 14.9. The maximum absolute atomic E-state index is 2.54. The van der Waals surface area contributed by atoms with Crippen molar-refractivity contribution in [1.29, 1.82) is 0 Å². The zero-order chi connectivity index (χ0) is 51.7. The predicted octanol–water partition coefficient (Wildman–Crippen LogP) is 19.8. The summed E-state index contributed by atoms with van der Waals surface area (Å²) in [5.74, 6) is 0. The van der Waals surface area contributed by atoms with Crippen molar-refractivity contribution < 1.29 is 0 Å². The lowest BCUT2D eigenvalue weighted by atomic mass is 9.79. The van der Waals surface area contributed by atoms with Crippen LogP contribution in [0.25, 0.3) is 122 Å². The lowest BCUT2D eigenvalue weighted by molar-refractivity contribution is 0.652. The molecule has 77 heavy (non-hydrogen) atoms. The van der Waals surface area contributed by atoms with Gasteiger partial charge in [0, 0.05) is 49.2 Å². The van der Waals surface area contributed by atoms with E-state index in [1.165, 1.54) is 155 Å². The molecule has 11 aromatic carbocycles. The van der Waals surface area contributed by atoms with E-state index in [1.807, 2.05) is 0 Å². The molecule has 3 aliphatic carbocycles. The summed E-state index contributed by atoms with van der Waals surface area (Å²) in [6.07, 6.45) is 0. The van der Waals surface area contributed by atoms with E-state index in [-0.39, 0.29) is 16.2 Å². The summed E-state index contributed by atoms with van der Waals surface area (Å²) in [4.78, 5) is 0. The second-order valence-electron chi connectivity index (χ2n) is 23.7. The first kappa shape index (κ1) is 44.3. The molecular formula is C75H56N2. The Bertz CT molecular complexity index is 4690. The quantitative estimate of drug-likeness (QED) is 0.163. The first-order chi connectivity index (χ1) is 37.4. The Morgan fingerprint density at radius 3 is 1.17 bits per heavy atom. The molecular weight excluding hydrogens is 929 g/mol. The molecule has 0 unspecified atom stereocenters. The minimum atomic E-state index is -0.172. The number of fused-ring (bicyclic) bond motifs is 15. The van der Waals surface area contributed by atoms with E-state index in [9.17, 15) is 0 Å². The fourth-order valence-electron chi connectivity index (χ4n) is 14.4. The highest BCUT2D eigenvalue weighted by atomic mass is 15.0. The minimum absolute atomic E-state index is 0.0672. The van der Waals surface area contributed by atoms with Crippen LogP contribution in [0, 0.1) is 0 Å². The lowest BCUT2D eigenvalue weighted by Gasteiger charge is -2.24. The van der Waals surface area contributed by atoms with Gasteiger partial charge in [0.05, 0.1) is 22.1 Å². The van der Waals surface area contributed by atoms with Crippen molar-refractivity contribution in [3.8, 4) is 78.1 Å². The maximum Gasteiger partial charge on any atom is 0.0541 e. The van der Waals surface area contributed by atoms with Crippen LogP contribution in [0.15, 0.2) is 231 Å². The van der Waals surface area contributed by atoms with Crippen molar-refractivity contribution in [2.24, 2.45) is 0 Å². The summed E-state index contributed by atoms with van der Waals surface area (Å²) in [5, 5.41) is 5.09. The monoisotopic (exact) mass is 984 g/mol. The number of hydrogen-bond acceptors (Lipinski definition) is 0. The highest BCUT2D eigenvalue weighted by molar-refractivity contribution is 6.12. The molecule has 0 spiro atoms. The van der Waals surface area contributed by atoms with Gasteiger partial charge >= 0.3 is 0 Å². The van der Waals surface area contributed by atoms with E-state index in [2.05, 4.69) is 281 Å². The maximum atomic E-state index is 2.54. The molecule has 2 heteroatoms. The van der Waals surface area contributed by atoms with E-state index in [4.69, 9.17) is 0 Å². The highest BCUT2D eigenvalue weighted by Gasteiger charge is 2.42. The SMILES string of the molecule is CC1(C)c2ccccc2-c2ccc(-n3c4ccccc4c4cc(-c5ccc6c(c5)C(C)(C)c5cc7c(cc5-6)C(C)(C)c5cc(-c6ccc(-c8ccc9c(c8)c8ccccc8n9-c8ccccc8)cc6)ccc5-7)ccc43)cc21. The standard InChI is InChI=1S/C75H56N2/c1-73(2)63-21-13-10-18-53(63)54-35-32-52(42-66(54)73)77-70-23-15-12-20-58(70)62-39-48(31-37-72(62)77)50-29-34-56-60-44-67-59(43-68(60)75(5,6)65(56)41-50)55-33-28-49(40-64(55)74(67,3)4)46-26-24-45(25-27-46)47-30-36-71-61(38-47)57-19-11-14-22-69(57)76(71)51-16-8-7-9-17-51/h7-44H,1-6H3. The van der Waals surface area contributed by atoms with Crippen LogP contribution >= 0.6 is 0 Å². The van der Waals surface area contributed by atoms with Crippen molar-refractivity contribution in [2.75, 3.05) is 0 Å². The topological polar surface area (TPSA) is 9.86 Å². The molecule has 0 saturated heterocycles. The van der Waals surface area contributed by atoms with E-state index in [1.54, 1.807) is 0 Å². The van der Waals surface area contributed by atoms with Crippen LogP contribution in [0.2, 0.25) is 0 Å². The van der Waals surface area contributed by atoms with Gasteiger partial charge in [0.1, 0.15) is 0 Å². The molecule has 0 saturated carbocycles. The van der Waals surface area contributed by atoms with Gasteiger partial charge in [-0.25, -0.2) is 0 Å². The molecule has 16 rings (SSSR count). The van der Waals surface area contributed by atoms with Crippen LogP contribution in [0.4, 0.5) is 0 Å². The van der Waals surface area contributed by atoms with Gasteiger partial charge in [-0.15, -0.1) is 0 Å². The summed E-state index contributed by atoms with van der Waals surface area (Å²) in [6, 6.07) is 87.2. The van der Waals surface area contributed by atoms with Gasteiger partial charge in [-0.05, 0) is 185 Å². The van der Waals surface area contributed by atoms with Gasteiger partial charge in [-0.2, -0.15) is 0 Å². The van der Waals surface area contributed by atoms with Crippen molar-refractivity contribution in [3.63, 3.8) is 0 Å². The molecule has 2 nitrogen and oxygen atoms in total. The van der Waals surface area contributed by atoms with E-state index < -0.39 is 0 Å². The average molecular weight is 985 g/mol. The third-order valence-electron chi connectivity index (χ3n) is 18.5. The van der Waals surface area contributed by atoms with Crippen LogP contribution in [-0.4, -0.2) is 9.13 Å². The third kappa shape index (κ3) is 6.13. The first-order valence-electron chi connectivity index (χ1n) is 27.4. The van der Waals surface area contributed by atoms with Crippen molar-refractivity contribution in [3.05, 3.63) is 264 Å². The number of para-hydroxylation sites is 3. The molecule has 2 heterocycles. The second kappa shape index (κ2) is 15.6. The number of nitrogens with zero attached hydrogens (tertiary/aromatic N) is 2. The second-order valence-corrected chi connectivity index (χ2v) is 23.7. The van der Waals surface area contributed by atoms with E-state index in [0.29, 0.717) is 0 Å². The molecule has 0 fully saturated rings. The van der Waals surface area contributed by atoms with Crippen LogP contribution in [0.1, 0.15) is 74.9 Å². The van der Waals surface area contributed by atoms with Crippen molar-refractivity contribution in [2.45, 2.75) is 57.8 Å². The molecule has 0 N–H and O–H groups in total. The molecule has 0 bridgehead atoms. The molecule has 3 aliphatic rings. The number of hydrogen-bond donors (Lipinski definition) is 0. The molecule has 2 aromatic heterocycles. The Balaban J connectivity index is 0.712. The summed E-state index contributed by atoms with van der Waals surface area (Å²) in [5.41, 5.74) is 30.9. The largest absolute Gasteiger partial charge is 0.309 e. The lowest BCUT2D eigenvalue weighted by Crippen LogP contribution is -2.17. The van der Waals surface area contributed by atoms with Gasteiger partial charge in [0.15, 0.2) is 0 Å². The van der Waals surface area contributed by atoms with Gasteiger partial charge in [0.2, 0.25) is 0 Å². The van der Waals surface area contributed by atoms with Crippen LogP contribution < -0.4 is 0 Å². The zero-order valence-electron chi connectivity index (χ0n) is 44.3. The van der Waals surface area contributed by atoms with Gasteiger partial charge in [0.25, 0.3) is 0 Å². The molecule has 0 radical (unpaired) electrons. The fourth-order valence-corrected chi connectivity index (χ4v) is 14.4. The van der Waals surface area contributed by atoms with Gasteiger partial charge in [-0.1, -0.05) is 187 Å². The smallest absolute Gasteiger partial charge is 0.0541 e. The predicted molar refractivity (Wildman–Crippen MR) is 324 cm³/mol. The van der Waals surface area contributed by atoms with Crippen LogP contribution in [0.3, 0.4) is 0 Å². The van der Waals surface area contributed by atoms with E-state index in [0.717, 1.165) is 0 Å². The molecule has 13 aromatic rings. The minimum Gasteiger partial charge on any atom is -0.309 e. The van der Waals surface area contributed by atoms with Crippen LogP contribution in [0.5, 0.6) is 0 Å². The summed E-state index contributed by atoms with van der Waals surface area (Å²) in [6.45, 7) is 14.4. The summed E-state index contributed by atoms with van der Waals surface area (Å²) in [7, 11) is 0.